The van der Waals surface area contributed by atoms with E-state index in [-0.39, 0.29) is 0 Å². The van der Waals surface area contributed by atoms with Crippen molar-refractivity contribution in [1.82, 2.24) is 0 Å². The van der Waals surface area contributed by atoms with Crippen LogP contribution in [-0.4, -0.2) is 25.0 Å². The predicted octanol–water partition coefficient (Wildman–Crippen LogP) is 3.08. The van der Waals surface area contributed by atoms with Gasteiger partial charge in [0, 0.05) is 18.9 Å². The molecule has 4 heteroatoms. The van der Waals surface area contributed by atoms with E-state index < -0.39 is 11.7 Å². The van der Waals surface area contributed by atoms with Crippen LogP contribution in [-0.2, 0) is 4.74 Å². The number of anilines is 1. The van der Waals surface area contributed by atoms with Crippen LogP contribution in [0.1, 0.15) is 26.3 Å². The molecular weight excluding hydrogens is 216 g/mol. The number of nitrogens with one attached hydrogen (secondary N) is 1. The lowest BCUT2D eigenvalue weighted by Gasteiger charge is -2.19. The molecule has 0 aliphatic rings. The van der Waals surface area contributed by atoms with E-state index in [1.165, 1.54) is 0 Å². The molecule has 0 spiro atoms. The molecule has 4 nitrogen and oxygen atoms in total. The summed E-state index contributed by atoms with van der Waals surface area (Å²) in [6.07, 6.45) is 1.30. The highest BCUT2D eigenvalue weighted by Gasteiger charge is 2.15. The van der Waals surface area contributed by atoms with Gasteiger partial charge in [-0.15, -0.1) is 0 Å². The molecule has 0 aliphatic heterocycles. The summed E-state index contributed by atoms with van der Waals surface area (Å²) < 4.78 is 5.14. The SMILES string of the molecule is C/N=C/c1ccc(NC(=O)OC(C)(C)C)cc1. The minimum Gasteiger partial charge on any atom is -0.444 e. The zero-order valence-corrected chi connectivity index (χ0v) is 10.7. The molecule has 1 N–H and O–H groups in total. The molecule has 0 saturated carbocycles. The van der Waals surface area contributed by atoms with E-state index in [1.807, 2.05) is 32.9 Å². The Labute approximate surface area is 102 Å². The normalized spacial score (nSPS) is 11.5. The Hall–Kier alpha value is -1.84. The summed E-state index contributed by atoms with van der Waals surface area (Å²) >= 11 is 0. The number of amides is 1. The van der Waals surface area contributed by atoms with E-state index in [4.69, 9.17) is 4.74 Å². The first kappa shape index (κ1) is 13.2. The average molecular weight is 234 g/mol. The first-order chi connectivity index (χ1) is 7.90. The highest BCUT2D eigenvalue weighted by Crippen LogP contribution is 2.12. The fourth-order valence-electron chi connectivity index (χ4n) is 1.22. The third kappa shape index (κ3) is 5.15. The summed E-state index contributed by atoms with van der Waals surface area (Å²) in [5, 5.41) is 2.66. The molecular formula is C13H18N2O2. The molecule has 0 radical (unpaired) electrons. The minimum atomic E-state index is -0.487. The molecule has 0 aromatic heterocycles. The van der Waals surface area contributed by atoms with Crippen LogP contribution in [0.5, 0.6) is 0 Å². The summed E-state index contributed by atoms with van der Waals surface area (Å²) in [4.78, 5) is 15.4. The fraction of sp³-hybridized carbons (Fsp3) is 0.385. The molecule has 0 aliphatic carbocycles. The van der Waals surface area contributed by atoms with Crippen LogP contribution in [0, 0.1) is 0 Å². The summed E-state index contributed by atoms with van der Waals surface area (Å²) in [5.41, 5.74) is 1.20. The van der Waals surface area contributed by atoms with Crippen molar-refractivity contribution in [2.45, 2.75) is 26.4 Å². The van der Waals surface area contributed by atoms with Crippen LogP contribution < -0.4 is 5.32 Å². The topological polar surface area (TPSA) is 50.7 Å². The first-order valence-corrected chi connectivity index (χ1v) is 5.43. The maximum Gasteiger partial charge on any atom is 0.412 e. The monoisotopic (exact) mass is 234 g/mol. The van der Waals surface area contributed by atoms with Crippen LogP contribution in [0.2, 0.25) is 0 Å². The van der Waals surface area contributed by atoms with Gasteiger partial charge in [-0.25, -0.2) is 4.79 Å². The Kier molecular flexibility index (Phi) is 4.26. The standard InChI is InChI=1S/C13H18N2O2/c1-13(2,3)17-12(16)15-11-7-5-10(6-8-11)9-14-4/h5-9H,1-4H3,(H,15,16)/b14-9+. The maximum atomic E-state index is 11.5. The lowest BCUT2D eigenvalue weighted by Crippen LogP contribution is -2.27. The second kappa shape index (κ2) is 5.48. The van der Waals surface area contributed by atoms with Crippen molar-refractivity contribution in [3.63, 3.8) is 0 Å². The quantitative estimate of drug-likeness (QED) is 0.799. The van der Waals surface area contributed by atoms with Crippen molar-refractivity contribution in [2.75, 3.05) is 12.4 Å². The number of hydrogen-bond donors (Lipinski definition) is 1. The number of hydrogen-bond acceptors (Lipinski definition) is 3. The molecule has 0 fully saturated rings. The lowest BCUT2D eigenvalue weighted by atomic mass is 10.2. The van der Waals surface area contributed by atoms with E-state index in [1.54, 1.807) is 25.4 Å². The van der Waals surface area contributed by atoms with Gasteiger partial charge in [0.2, 0.25) is 0 Å². The Balaban J connectivity index is 2.60. The third-order valence-corrected chi connectivity index (χ3v) is 1.83. The van der Waals surface area contributed by atoms with Gasteiger partial charge >= 0.3 is 6.09 Å². The van der Waals surface area contributed by atoms with Crippen LogP contribution in [0.15, 0.2) is 29.3 Å². The van der Waals surface area contributed by atoms with E-state index in [2.05, 4.69) is 10.3 Å². The Morgan fingerprint density at radius 3 is 2.35 bits per heavy atom. The maximum absolute atomic E-state index is 11.5. The van der Waals surface area contributed by atoms with Crippen molar-refractivity contribution in [3.8, 4) is 0 Å². The fourth-order valence-corrected chi connectivity index (χ4v) is 1.22. The zero-order chi connectivity index (χ0) is 12.9. The smallest absolute Gasteiger partial charge is 0.412 e. The molecule has 17 heavy (non-hydrogen) atoms. The summed E-state index contributed by atoms with van der Waals surface area (Å²) in [7, 11) is 1.72. The number of carbonyl (C=O) groups excluding carboxylic acids is 1. The summed E-state index contributed by atoms with van der Waals surface area (Å²) in [6, 6.07) is 7.36. The van der Waals surface area contributed by atoms with Crippen molar-refractivity contribution >= 4 is 18.0 Å². The summed E-state index contributed by atoms with van der Waals surface area (Å²) in [6.45, 7) is 5.48. The number of carbonyl (C=O) groups is 1. The largest absolute Gasteiger partial charge is 0.444 e. The second-order valence-corrected chi connectivity index (χ2v) is 4.64. The van der Waals surface area contributed by atoms with Gasteiger partial charge < -0.3 is 4.74 Å². The van der Waals surface area contributed by atoms with Crippen LogP contribution in [0.4, 0.5) is 10.5 Å². The molecule has 1 aromatic carbocycles. The van der Waals surface area contributed by atoms with E-state index >= 15 is 0 Å². The van der Waals surface area contributed by atoms with Crippen molar-refractivity contribution < 1.29 is 9.53 Å². The molecule has 1 amide bonds. The van der Waals surface area contributed by atoms with Gasteiger partial charge in [0.05, 0.1) is 0 Å². The molecule has 0 atom stereocenters. The minimum absolute atomic E-state index is 0.450. The highest BCUT2D eigenvalue weighted by atomic mass is 16.6. The highest BCUT2D eigenvalue weighted by molar-refractivity contribution is 5.86. The van der Waals surface area contributed by atoms with Crippen molar-refractivity contribution in [2.24, 2.45) is 4.99 Å². The Morgan fingerprint density at radius 1 is 1.29 bits per heavy atom. The number of rotatable bonds is 2. The van der Waals surface area contributed by atoms with Crippen LogP contribution >= 0.6 is 0 Å². The summed E-state index contributed by atoms with van der Waals surface area (Å²) in [5.74, 6) is 0. The molecule has 0 bridgehead atoms. The van der Waals surface area contributed by atoms with Gasteiger partial charge in [0.15, 0.2) is 0 Å². The number of nitrogens with zero attached hydrogens (tertiary/aromatic N) is 1. The molecule has 0 heterocycles. The van der Waals surface area contributed by atoms with Crippen LogP contribution in [0.25, 0.3) is 0 Å². The number of aliphatic imine (C=N–C) groups is 1. The van der Waals surface area contributed by atoms with Gasteiger partial charge in [-0.2, -0.15) is 0 Å². The van der Waals surface area contributed by atoms with Gasteiger partial charge in [-0.3, -0.25) is 10.3 Å². The van der Waals surface area contributed by atoms with Gasteiger partial charge in [-0.1, -0.05) is 12.1 Å². The molecule has 1 aromatic rings. The van der Waals surface area contributed by atoms with Gasteiger partial charge in [0.1, 0.15) is 5.60 Å². The van der Waals surface area contributed by atoms with E-state index in [0.717, 1.165) is 5.56 Å². The molecule has 1 rings (SSSR count). The first-order valence-electron chi connectivity index (χ1n) is 5.43. The average Bonchev–Trinajstić information content (AvgIpc) is 2.18. The third-order valence-electron chi connectivity index (χ3n) is 1.83. The molecule has 0 saturated heterocycles. The van der Waals surface area contributed by atoms with Crippen molar-refractivity contribution in [3.05, 3.63) is 29.8 Å². The zero-order valence-electron chi connectivity index (χ0n) is 10.7. The van der Waals surface area contributed by atoms with Gasteiger partial charge in [-0.05, 0) is 38.5 Å². The predicted molar refractivity (Wildman–Crippen MR) is 69.8 cm³/mol. The lowest BCUT2D eigenvalue weighted by molar-refractivity contribution is 0.0636. The van der Waals surface area contributed by atoms with E-state index in [0.29, 0.717) is 5.69 Å². The second-order valence-electron chi connectivity index (χ2n) is 4.64. The Bertz CT molecular complexity index is 402. The molecule has 0 unspecified atom stereocenters. The van der Waals surface area contributed by atoms with Crippen LogP contribution in [0.3, 0.4) is 0 Å². The number of benzene rings is 1. The Morgan fingerprint density at radius 2 is 1.88 bits per heavy atom. The van der Waals surface area contributed by atoms with E-state index in [9.17, 15) is 4.79 Å². The molecule has 92 valence electrons. The van der Waals surface area contributed by atoms with Crippen molar-refractivity contribution in [1.29, 1.82) is 0 Å². The number of ether oxygens (including phenoxy) is 1. The van der Waals surface area contributed by atoms with Gasteiger partial charge in [0.25, 0.3) is 0 Å².